The van der Waals surface area contributed by atoms with Crippen LogP contribution in [-0.2, 0) is 19.4 Å². The summed E-state index contributed by atoms with van der Waals surface area (Å²) in [7, 11) is -2.98. The van der Waals surface area contributed by atoms with E-state index in [1.165, 1.54) is 6.42 Å². The molecule has 3 fully saturated rings. The van der Waals surface area contributed by atoms with Gasteiger partial charge in [0, 0.05) is 19.1 Å². The number of hydrogen-bond donors (Lipinski definition) is 1. The van der Waals surface area contributed by atoms with Crippen LogP contribution < -0.4 is 5.32 Å². The maximum absolute atomic E-state index is 12.3. The number of carbonyl (C=O) groups excluding carboxylic acids is 2. The van der Waals surface area contributed by atoms with E-state index in [-0.39, 0.29) is 41.2 Å². The van der Waals surface area contributed by atoms with E-state index in [4.69, 9.17) is 0 Å². The number of amides is 2. The van der Waals surface area contributed by atoms with Gasteiger partial charge in [-0.25, -0.2) is 8.42 Å². The minimum absolute atomic E-state index is 0.0379. The molecule has 0 spiro atoms. The molecule has 2 saturated heterocycles. The fourth-order valence-corrected chi connectivity index (χ4v) is 5.00. The van der Waals surface area contributed by atoms with Gasteiger partial charge in [0.2, 0.25) is 11.8 Å². The van der Waals surface area contributed by atoms with Crippen LogP contribution >= 0.6 is 0 Å². The Labute approximate surface area is 125 Å². The van der Waals surface area contributed by atoms with Gasteiger partial charge in [-0.1, -0.05) is 0 Å². The molecule has 0 radical (unpaired) electrons. The van der Waals surface area contributed by atoms with Crippen molar-refractivity contribution < 1.29 is 18.0 Å². The standard InChI is InChI=1S/C14H22N2O4S/c17-13(15-10-4-7-21(19,20)9-10)11-8-12(11)14(18)16-5-2-1-3-6-16/h10-12H,1-9H2,(H,15,17). The van der Waals surface area contributed by atoms with Crippen molar-refractivity contribution in [1.29, 1.82) is 0 Å². The first kappa shape index (κ1) is 14.8. The Bertz CT molecular complexity index is 539. The van der Waals surface area contributed by atoms with Crippen LogP contribution in [0.2, 0.25) is 0 Å². The lowest BCUT2D eigenvalue weighted by molar-refractivity contribution is -0.135. The van der Waals surface area contributed by atoms with Gasteiger partial charge in [0.15, 0.2) is 9.84 Å². The normalized spacial score (nSPS) is 34.5. The molecule has 2 aliphatic heterocycles. The van der Waals surface area contributed by atoms with Gasteiger partial charge in [0.25, 0.3) is 0 Å². The molecule has 2 amide bonds. The number of hydrogen-bond acceptors (Lipinski definition) is 4. The molecule has 118 valence electrons. The highest BCUT2D eigenvalue weighted by molar-refractivity contribution is 7.91. The molecule has 3 rings (SSSR count). The van der Waals surface area contributed by atoms with E-state index >= 15 is 0 Å². The minimum Gasteiger partial charge on any atom is -0.352 e. The SMILES string of the molecule is O=C(NC1CCS(=O)(=O)C1)C1CC1C(=O)N1CCCCC1. The van der Waals surface area contributed by atoms with E-state index in [0.29, 0.717) is 12.8 Å². The Balaban J connectivity index is 1.48. The first-order chi connectivity index (χ1) is 9.96. The fourth-order valence-electron chi connectivity index (χ4n) is 3.32. The van der Waals surface area contributed by atoms with Crippen LogP contribution in [0.1, 0.15) is 32.1 Å². The van der Waals surface area contributed by atoms with E-state index in [2.05, 4.69) is 5.32 Å². The summed E-state index contributed by atoms with van der Waals surface area (Å²) >= 11 is 0. The average molecular weight is 314 g/mol. The van der Waals surface area contributed by atoms with Crippen LogP contribution in [0.25, 0.3) is 0 Å². The molecule has 21 heavy (non-hydrogen) atoms. The average Bonchev–Trinajstić information content (AvgIpc) is 3.19. The highest BCUT2D eigenvalue weighted by atomic mass is 32.2. The maximum Gasteiger partial charge on any atom is 0.226 e. The predicted molar refractivity (Wildman–Crippen MR) is 77.2 cm³/mol. The van der Waals surface area contributed by atoms with Crippen molar-refractivity contribution >= 4 is 21.7 Å². The van der Waals surface area contributed by atoms with Gasteiger partial charge in [0.05, 0.1) is 23.3 Å². The Kier molecular flexibility index (Phi) is 3.94. The predicted octanol–water partition coefficient (Wildman–Crippen LogP) is -0.0617. The number of nitrogens with zero attached hydrogens (tertiary/aromatic N) is 1. The number of piperidine rings is 1. The highest BCUT2D eigenvalue weighted by Crippen LogP contribution is 2.40. The Hall–Kier alpha value is -1.11. The first-order valence-corrected chi connectivity index (χ1v) is 9.58. The van der Waals surface area contributed by atoms with Crippen molar-refractivity contribution in [3.8, 4) is 0 Å². The van der Waals surface area contributed by atoms with Gasteiger partial charge in [-0.15, -0.1) is 0 Å². The molecule has 0 aromatic heterocycles. The third kappa shape index (κ3) is 3.39. The Morgan fingerprint density at radius 2 is 1.76 bits per heavy atom. The monoisotopic (exact) mass is 314 g/mol. The molecule has 3 aliphatic rings. The van der Waals surface area contributed by atoms with Crippen molar-refractivity contribution in [2.75, 3.05) is 24.6 Å². The van der Waals surface area contributed by atoms with Crippen LogP contribution in [0.4, 0.5) is 0 Å². The molecule has 0 bridgehead atoms. The molecule has 1 aliphatic carbocycles. The molecular formula is C14H22N2O4S. The van der Waals surface area contributed by atoms with E-state index in [0.717, 1.165) is 25.9 Å². The number of sulfone groups is 1. The van der Waals surface area contributed by atoms with Crippen molar-refractivity contribution in [2.45, 2.75) is 38.1 Å². The van der Waals surface area contributed by atoms with E-state index in [1.807, 2.05) is 4.90 Å². The first-order valence-electron chi connectivity index (χ1n) is 7.76. The Morgan fingerprint density at radius 1 is 1.05 bits per heavy atom. The van der Waals surface area contributed by atoms with Crippen molar-refractivity contribution in [3.05, 3.63) is 0 Å². The molecule has 1 N–H and O–H groups in total. The summed E-state index contributed by atoms with van der Waals surface area (Å²) in [5.74, 6) is -0.278. The van der Waals surface area contributed by atoms with E-state index < -0.39 is 9.84 Å². The van der Waals surface area contributed by atoms with Crippen LogP contribution in [0.3, 0.4) is 0 Å². The van der Waals surface area contributed by atoms with Crippen LogP contribution in [0.5, 0.6) is 0 Å². The summed E-state index contributed by atoms with van der Waals surface area (Å²) < 4.78 is 22.7. The summed E-state index contributed by atoms with van der Waals surface area (Å²) in [5, 5.41) is 2.80. The quantitative estimate of drug-likeness (QED) is 0.791. The fraction of sp³-hybridized carbons (Fsp3) is 0.857. The zero-order valence-electron chi connectivity index (χ0n) is 12.1. The lowest BCUT2D eigenvalue weighted by Gasteiger charge is -2.26. The van der Waals surface area contributed by atoms with Gasteiger partial charge in [-0.3, -0.25) is 9.59 Å². The maximum atomic E-state index is 12.3. The van der Waals surface area contributed by atoms with Gasteiger partial charge in [-0.05, 0) is 32.1 Å². The molecule has 0 aromatic carbocycles. The number of carbonyl (C=O) groups is 2. The second-order valence-electron chi connectivity index (χ2n) is 6.44. The van der Waals surface area contributed by atoms with Crippen LogP contribution in [0.15, 0.2) is 0 Å². The largest absolute Gasteiger partial charge is 0.352 e. The zero-order chi connectivity index (χ0) is 15.0. The van der Waals surface area contributed by atoms with Crippen molar-refractivity contribution in [1.82, 2.24) is 10.2 Å². The summed E-state index contributed by atoms with van der Waals surface area (Å²) in [5.41, 5.74) is 0. The topological polar surface area (TPSA) is 83.5 Å². The number of nitrogens with one attached hydrogen (secondary N) is 1. The summed E-state index contributed by atoms with van der Waals surface area (Å²) in [6, 6.07) is -0.270. The van der Waals surface area contributed by atoms with E-state index in [9.17, 15) is 18.0 Å². The molecule has 6 nitrogen and oxygen atoms in total. The van der Waals surface area contributed by atoms with Crippen LogP contribution in [-0.4, -0.2) is 55.8 Å². The third-order valence-corrected chi connectivity index (χ3v) is 6.46. The molecule has 3 atom stereocenters. The molecule has 1 saturated carbocycles. The summed E-state index contributed by atoms with van der Waals surface area (Å²) in [6.07, 6.45) is 4.38. The van der Waals surface area contributed by atoms with Crippen molar-refractivity contribution in [2.24, 2.45) is 11.8 Å². The van der Waals surface area contributed by atoms with Gasteiger partial charge < -0.3 is 10.2 Å². The highest BCUT2D eigenvalue weighted by Gasteiger charge is 2.50. The Morgan fingerprint density at radius 3 is 2.38 bits per heavy atom. The zero-order valence-corrected chi connectivity index (χ0v) is 12.9. The molecule has 7 heteroatoms. The second kappa shape index (κ2) is 5.59. The molecule has 0 aromatic rings. The van der Waals surface area contributed by atoms with Crippen LogP contribution in [0, 0.1) is 11.8 Å². The van der Waals surface area contributed by atoms with E-state index in [1.54, 1.807) is 0 Å². The third-order valence-electron chi connectivity index (χ3n) is 4.69. The molecule has 3 unspecified atom stereocenters. The van der Waals surface area contributed by atoms with Gasteiger partial charge in [0.1, 0.15) is 0 Å². The lowest BCUT2D eigenvalue weighted by Crippen LogP contribution is -2.40. The lowest BCUT2D eigenvalue weighted by atomic mass is 10.1. The van der Waals surface area contributed by atoms with Gasteiger partial charge >= 0.3 is 0 Å². The number of rotatable bonds is 3. The van der Waals surface area contributed by atoms with Gasteiger partial charge in [-0.2, -0.15) is 0 Å². The second-order valence-corrected chi connectivity index (χ2v) is 8.67. The summed E-state index contributed by atoms with van der Waals surface area (Å²) in [6.45, 7) is 1.62. The number of likely N-dealkylation sites (tertiary alicyclic amines) is 1. The molecular weight excluding hydrogens is 292 g/mol. The summed E-state index contributed by atoms with van der Waals surface area (Å²) in [4.78, 5) is 26.2. The minimum atomic E-state index is -2.98. The van der Waals surface area contributed by atoms with Crippen molar-refractivity contribution in [3.63, 3.8) is 0 Å². The smallest absolute Gasteiger partial charge is 0.226 e. The molecule has 2 heterocycles.